The average Bonchev–Trinajstić information content (AvgIpc) is 3.37. The van der Waals surface area contributed by atoms with Crippen LogP contribution >= 0.6 is 11.6 Å². The Kier molecular flexibility index (Phi) is 10.5. The second-order valence-electron chi connectivity index (χ2n) is 20.1. The van der Waals surface area contributed by atoms with E-state index >= 15 is 0 Å². The number of ether oxygens (including phenoxy) is 1. The number of aliphatic carboxylic acids is 1. The highest BCUT2D eigenvalue weighted by Crippen LogP contribution is 2.77. The molecule has 5 aliphatic carbocycles. The summed E-state index contributed by atoms with van der Waals surface area (Å²) in [5.41, 5.74) is 1.39. The molecule has 0 heterocycles. The fourth-order valence-corrected chi connectivity index (χ4v) is 13.4. The molecule has 0 spiro atoms. The van der Waals surface area contributed by atoms with Crippen LogP contribution in [-0.2, 0) is 23.9 Å². The van der Waals surface area contributed by atoms with Crippen molar-refractivity contribution >= 4 is 35.2 Å². The van der Waals surface area contributed by atoms with Gasteiger partial charge >= 0.3 is 11.9 Å². The molecule has 9 atom stereocenters. The van der Waals surface area contributed by atoms with E-state index in [2.05, 4.69) is 59.9 Å². The van der Waals surface area contributed by atoms with Gasteiger partial charge in [-0.1, -0.05) is 84.3 Å². The minimum absolute atomic E-state index is 0.0158. The molecule has 1 aromatic rings. The topological polar surface area (TPSA) is 110 Å². The van der Waals surface area contributed by atoms with Crippen molar-refractivity contribution in [3.05, 3.63) is 58.1 Å². The van der Waals surface area contributed by atoms with Crippen LogP contribution < -0.4 is 5.32 Å². The number of carbonyl (C=O) groups excluding carboxylic acids is 3. The number of nitrogens with one attached hydrogen (secondary N) is 1. The zero-order valence-electron chi connectivity index (χ0n) is 34.4. The molecule has 0 aromatic heterocycles. The lowest BCUT2D eigenvalue weighted by molar-refractivity contribution is -0.232. The van der Waals surface area contributed by atoms with Crippen molar-refractivity contribution in [3.63, 3.8) is 0 Å². The van der Waals surface area contributed by atoms with Crippen LogP contribution in [0.1, 0.15) is 145 Å². The number of benzene rings is 1. The molecule has 7 nitrogen and oxygen atoms in total. The molecule has 2 N–H and O–H groups in total. The summed E-state index contributed by atoms with van der Waals surface area (Å²) in [5.74, 6) is -0.151. The van der Waals surface area contributed by atoms with Crippen LogP contribution in [0, 0.1) is 56.2 Å². The standard InChI is InChI=1S/C46H64ClNO6/c1-27(2)38-32(49)25-46(22-19-36(50)48-28(3)29-13-11-12-14-31(29)47)24-23-44(9)30(39(38)46)15-16-34-43(8)20-18-35(54-37(51)26-41(4,5)40(52)53)42(6,7)33(43)17-21-45(34,44)10/h11-14,19,22,27-28,30,33-35H,15-18,20-21,23-26H2,1-10H3,(H,48,50)(H,52,53)/b22-19+/t28-,30?,33?,34+,35-,43-,44+,45+,46-/m0/s1. The van der Waals surface area contributed by atoms with Crippen molar-refractivity contribution in [2.24, 2.45) is 56.2 Å². The van der Waals surface area contributed by atoms with E-state index in [9.17, 15) is 24.3 Å². The predicted molar refractivity (Wildman–Crippen MR) is 212 cm³/mol. The van der Waals surface area contributed by atoms with Gasteiger partial charge in [-0.2, -0.15) is 0 Å². The minimum Gasteiger partial charge on any atom is -0.481 e. The first-order valence-corrected chi connectivity index (χ1v) is 20.9. The SMILES string of the molecule is CC(C)C1=C2C3CC[C@@H]4[C@@]5(C)CC[C@H](OC(=O)CC(C)(C)C(=O)O)C(C)(C)C5CC[C@@]4(C)[C@]3(C)CC[C@@]2(/C=C/C(=O)N[C@@H](C)c2ccccc2Cl)CC1=O. The van der Waals surface area contributed by atoms with Gasteiger partial charge in [0.25, 0.3) is 0 Å². The fourth-order valence-electron chi connectivity index (χ4n) is 13.1. The van der Waals surface area contributed by atoms with Crippen molar-refractivity contribution < 1.29 is 29.0 Å². The third-order valence-electron chi connectivity index (χ3n) is 16.1. The number of amides is 1. The van der Waals surface area contributed by atoms with Crippen molar-refractivity contribution in [3.8, 4) is 0 Å². The number of esters is 1. The van der Waals surface area contributed by atoms with Gasteiger partial charge in [0.05, 0.1) is 17.9 Å². The number of carbonyl (C=O) groups is 4. The molecule has 54 heavy (non-hydrogen) atoms. The number of hydrogen-bond acceptors (Lipinski definition) is 5. The monoisotopic (exact) mass is 761 g/mol. The highest BCUT2D eigenvalue weighted by Gasteiger charge is 2.70. The van der Waals surface area contributed by atoms with E-state index in [0.717, 1.165) is 62.5 Å². The van der Waals surface area contributed by atoms with Gasteiger partial charge in [0.2, 0.25) is 5.91 Å². The third kappa shape index (κ3) is 6.40. The minimum atomic E-state index is -1.17. The maximum Gasteiger partial charge on any atom is 0.309 e. The number of fused-ring (bicyclic) bond motifs is 7. The molecule has 0 radical (unpaired) electrons. The van der Waals surface area contributed by atoms with Crippen LogP contribution in [-0.4, -0.2) is 34.8 Å². The fraction of sp³-hybridized carbons (Fsp3) is 0.696. The second-order valence-corrected chi connectivity index (χ2v) is 20.5. The molecule has 5 aliphatic rings. The summed E-state index contributed by atoms with van der Waals surface area (Å²) in [6.45, 7) is 21.5. The lowest BCUT2D eigenvalue weighted by Crippen LogP contribution is -2.65. The number of carboxylic acid groups (broad SMARTS) is 1. The first-order chi connectivity index (χ1) is 25.0. The van der Waals surface area contributed by atoms with Crippen molar-refractivity contribution in [2.45, 2.75) is 146 Å². The molecule has 2 unspecified atom stereocenters. The Labute approximate surface area is 328 Å². The van der Waals surface area contributed by atoms with Gasteiger partial charge in [0.1, 0.15) is 6.10 Å². The number of allylic oxidation sites excluding steroid dienone is 3. The Morgan fingerprint density at radius 3 is 2.28 bits per heavy atom. The van der Waals surface area contributed by atoms with Gasteiger partial charge in [0, 0.05) is 22.3 Å². The van der Waals surface area contributed by atoms with Crippen LogP contribution in [0.2, 0.25) is 5.02 Å². The molecule has 0 bridgehead atoms. The Balaban J connectivity index is 1.27. The Morgan fingerprint density at radius 2 is 1.63 bits per heavy atom. The average molecular weight is 762 g/mol. The van der Waals surface area contributed by atoms with E-state index in [0.29, 0.717) is 23.3 Å². The predicted octanol–water partition coefficient (Wildman–Crippen LogP) is 10.5. The highest BCUT2D eigenvalue weighted by atomic mass is 35.5. The molecule has 4 fully saturated rings. The molecule has 296 valence electrons. The summed E-state index contributed by atoms with van der Waals surface area (Å²) in [4.78, 5) is 52.3. The van der Waals surface area contributed by atoms with Gasteiger partial charge in [-0.25, -0.2) is 0 Å². The Bertz CT molecular complexity index is 1770. The number of hydrogen-bond donors (Lipinski definition) is 2. The molecule has 1 aromatic carbocycles. The number of halogens is 1. The molecule has 8 heteroatoms. The van der Waals surface area contributed by atoms with Gasteiger partial charge in [-0.05, 0) is 141 Å². The number of carboxylic acids is 1. The van der Waals surface area contributed by atoms with Crippen molar-refractivity contribution in [2.75, 3.05) is 0 Å². The van der Waals surface area contributed by atoms with E-state index < -0.39 is 22.8 Å². The summed E-state index contributed by atoms with van der Waals surface area (Å²) in [6, 6.07) is 7.32. The Hall–Kier alpha value is -2.93. The van der Waals surface area contributed by atoms with Crippen LogP contribution in [0.3, 0.4) is 0 Å². The van der Waals surface area contributed by atoms with E-state index in [1.54, 1.807) is 19.9 Å². The quantitative estimate of drug-likeness (QED) is 0.192. The molecular weight excluding hydrogens is 698 g/mol. The van der Waals surface area contributed by atoms with Gasteiger partial charge < -0.3 is 15.2 Å². The third-order valence-corrected chi connectivity index (χ3v) is 16.5. The number of rotatable bonds is 9. The summed E-state index contributed by atoms with van der Waals surface area (Å²) in [7, 11) is 0. The van der Waals surface area contributed by atoms with Crippen LogP contribution in [0.25, 0.3) is 0 Å². The van der Waals surface area contributed by atoms with Crippen molar-refractivity contribution in [1.82, 2.24) is 5.32 Å². The first-order valence-electron chi connectivity index (χ1n) is 20.5. The summed E-state index contributed by atoms with van der Waals surface area (Å²) >= 11 is 6.44. The summed E-state index contributed by atoms with van der Waals surface area (Å²) in [6.07, 6.45) is 11.6. The molecular formula is C46H64ClNO6. The molecule has 4 saturated carbocycles. The second kappa shape index (κ2) is 13.9. The van der Waals surface area contributed by atoms with Crippen LogP contribution in [0.5, 0.6) is 0 Å². The molecule has 1 amide bonds. The normalized spacial score (nSPS) is 36.6. The van der Waals surface area contributed by atoms with Gasteiger partial charge in [-0.3, -0.25) is 19.2 Å². The highest BCUT2D eigenvalue weighted by molar-refractivity contribution is 6.31. The zero-order valence-corrected chi connectivity index (χ0v) is 35.1. The van der Waals surface area contributed by atoms with Crippen molar-refractivity contribution in [1.29, 1.82) is 0 Å². The summed E-state index contributed by atoms with van der Waals surface area (Å²) in [5, 5.41) is 13.3. The lowest BCUT2D eigenvalue weighted by atomic mass is 9.33. The van der Waals surface area contributed by atoms with E-state index in [4.69, 9.17) is 16.3 Å². The van der Waals surface area contributed by atoms with Gasteiger partial charge in [0.15, 0.2) is 5.78 Å². The van der Waals surface area contributed by atoms with Gasteiger partial charge in [-0.15, -0.1) is 0 Å². The van der Waals surface area contributed by atoms with E-state index in [1.807, 2.05) is 31.2 Å². The molecule has 6 rings (SSSR count). The zero-order chi connectivity index (χ0) is 39.8. The lowest BCUT2D eigenvalue weighted by Gasteiger charge is -2.72. The summed E-state index contributed by atoms with van der Waals surface area (Å²) < 4.78 is 6.16. The first kappa shape index (κ1) is 40.7. The number of Topliss-reactive ketones (excluding diaryl/α,β-unsaturated/α-hetero) is 1. The molecule has 0 aliphatic heterocycles. The maximum absolute atomic E-state index is 14.0. The van der Waals surface area contributed by atoms with Crippen LogP contribution in [0.15, 0.2) is 47.6 Å². The maximum atomic E-state index is 14.0. The van der Waals surface area contributed by atoms with Crippen LogP contribution in [0.4, 0.5) is 0 Å². The largest absolute Gasteiger partial charge is 0.481 e. The van der Waals surface area contributed by atoms with E-state index in [1.165, 1.54) is 5.57 Å². The smallest absolute Gasteiger partial charge is 0.309 e. The number of ketones is 1. The Morgan fingerprint density at radius 1 is 0.944 bits per heavy atom. The van der Waals surface area contributed by atoms with E-state index in [-0.39, 0.29) is 63.8 Å². The molecule has 0 saturated heterocycles.